The van der Waals surface area contributed by atoms with Crippen molar-refractivity contribution in [3.8, 4) is 0 Å². The molecule has 2 atom stereocenters. The fourth-order valence-electron chi connectivity index (χ4n) is 5.48. The Labute approximate surface area is 198 Å². The van der Waals surface area contributed by atoms with E-state index in [9.17, 15) is 4.79 Å². The highest BCUT2D eigenvalue weighted by Crippen LogP contribution is 2.38. The molecule has 2 aromatic rings. The molecule has 7 heteroatoms. The Morgan fingerprint density at radius 1 is 1.24 bits per heavy atom. The summed E-state index contributed by atoms with van der Waals surface area (Å²) in [5.74, 6) is 8.02. The molecule has 34 heavy (non-hydrogen) atoms. The van der Waals surface area contributed by atoms with E-state index in [0.717, 1.165) is 71.8 Å². The van der Waals surface area contributed by atoms with Gasteiger partial charge in [-0.2, -0.15) is 10.8 Å². The largest absolute Gasteiger partial charge is 0.349 e. The standard InChI is InChI=1S/C27H29N6O/c1-18-6-2-4-8-21(18)27(34)32-13-10-19(11-14-32)25-24-17-29-12-15-33(24,28)26(31-25)23-16-20-7-3-5-9-22(20)30-23/h3-9,12,15-17,19,21,30H,2,10-11,13-14,28H2,1H3/q+1. The number of nitrogens with two attached hydrogens (primary N) is 1. The number of amidine groups is 1. The van der Waals surface area contributed by atoms with Gasteiger partial charge in [0.15, 0.2) is 0 Å². The third-order valence-corrected chi connectivity index (χ3v) is 7.45. The van der Waals surface area contributed by atoms with Gasteiger partial charge in [-0.05, 0) is 38.3 Å². The minimum Gasteiger partial charge on any atom is -0.349 e. The first-order valence-electron chi connectivity index (χ1n) is 12.0. The molecule has 3 aliphatic heterocycles. The molecule has 7 nitrogen and oxygen atoms in total. The molecule has 3 N–H and O–H groups in total. The van der Waals surface area contributed by atoms with Gasteiger partial charge >= 0.3 is 0 Å². The Balaban J connectivity index is 1.27. The Morgan fingerprint density at radius 3 is 2.85 bits per heavy atom. The Bertz CT molecular complexity index is 1320. The molecule has 2 unspecified atom stereocenters. The van der Waals surface area contributed by atoms with Crippen LogP contribution in [0.1, 0.15) is 31.9 Å². The molecule has 1 amide bonds. The lowest BCUT2D eigenvalue weighted by Gasteiger charge is -2.34. The van der Waals surface area contributed by atoms with Gasteiger partial charge in [-0.15, -0.1) is 4.59 Å². The average Bonchev–Trinajstić information content (AvgIpc) is 3.42. The first kappa shape index (κ1) is 21.0. The summed E-state index contributed by atoms with van der Waals surface area (Å²) in [5, 5.41) is 1.13. The van der Waals surface area contributed by atoms with E-state index in [1.165, 1.54) is 0 Å². The number of aromatic amines is 1. The number of nitrogens with zero attached hydrogens (tertiary/aromatic N) is 4. The molecule has 1 aromatic heterocycles. The molecule has 4 aliphatic rings. The molecule has 1 saturated heterocycles. The van der Waals surface area contributed by atoms with Crippen LogP contribution in [0.4, 0.5) is 0 Å². The number of carbonyl (C=O) groups excluding carboxylic acids is 1. The van der Waals surface area contributed by atoms with Crippen molar-refractivity contribution >= 4 is 28.9 Å². The third kappa shape index (κ3) is 3.31. The third-order valence-electron chi connectivity index (χ3n) is 7.45. The summed E-state index contributed by atoms with van der Waals surface area (Å²) in [7, 11) is 0. The van der Waals surface area contributed by atoms with Crippen molar-refractivity contribution in [1.29, 1.82) is 0 Å². The highest BCUT2D eigenvalue weighted by molar-refractivity contribution is 6.02. The van der Waals surface area contributed by atoms with E-state index in [1.807, 2.05) is 35.5 Å². The van der Waals surface area contributed by atoms with Crippen molar-refractivity contribution in [2.45, 2.75) is 26.2 Å². The van der Waals surface area contributed by atoms with Crippen LogP contribution in [-0.4, -0.2) is 45.5 Å². The summed E-state index contributed by atoms with van der Waals surface area (Å²) in [6, 6.07) is 10.3. The van der Waals surface area contributed by atoms with Crippen LogP contribution >= 0.6 is 0 Å². The summed E-state index contributed by atoms with van der Waals surface area (Å²) in [4.78, 5) is 28.1. The molecule has 4 heterocycles. The molecule has 172 valence electrons. The van der Waals surface area contributed by atoms with Crippen molar-refractivity contribution in [3.63, 3.8) is 0 Å². The van der Waals surface area contributed by atoms with Crippen molar-refractivity contribution in [2.75, 3.05) is 13.1 Å². The number of likely N-dealkylation sites (tertiary alicyclic amines) is 1. The minimum atomic E-state index is -0.116. The van der Waals surface area contributed by atoms with Crippen LogP contribution in [0.5, 0.6) is 0 Å². The number of amides is 1. The van der Waals surface area contributed by atoms with Crippen LogP contribution < -0.4 is 5.84 Å². The summed E-state index contributed by atoms with van der Waals surface area (Å²) in [6.07, 6.45) is 14.4. The maximum absolute atomic E-state index is 13.1. The quantitative estimate of drug-likeness (QED) is 0.416. The van der Waals surface area contributed by atoms with Gasteiger partial charge in [0, 0.05) is 29.9 Å². The van der Waals surface area contributed by atoms with E-state index in [4.69, 9.17) is 10.8 Å². The van der Waals surface area contributed by atoms with E-state index >= 15 is 0 Å². The Kier molecular flexibility index (Phi) is 4.97. The maximum atomic E-state index is 13.1. The minimum absolute atomic E-state index is 0.0155. The fraction of sp³-hybridized carbons (Fsp3) is 0.296. The SMILES string of the molecule is CC1=CCC=CC1C(=O)N1CCC(C2=C3C=NC=C[N+]3(N)C(c3cc4ccccc4[nH]3)=N2)CC1. The van der Waals surface area contributed by atoms with Crippen molar-refractivity contribution in [2.24, 2.45) is 27.7 Å². The summed E-state index contributed by atoms with van der Waals surface area (Å²) < 4.78 is 0.0155. The molecule has 6 rings (SSSR count). The molecule has 1 aliphatic carbocycles. The molecule has 0 radical (unpaired) electrons. The number of rotatable bonds is 3. The molecule has 1 aromatic carbocycles. The van der Waals surface area contributed by atoms with Gasteiger partial charge in [-0.25, -0.2) is 0 Å². The van der Waals surface area contributed by atoms with Crippen LogP contribution in [0.2, 0.25) is 0 Å². The number of hydrogen-bond acceptors (Lipinski definition) is 4. The van der Waals surface area contributed by atoms with Crippen molar-refractivity contribution in [1.82, 2.24) is 9.88 Å². The number of carbonyl (C=O) groups is 1. The van der Waals surface area contributed by atoms with E-state index in [0.29, 0.717) is 0 Å². The van der Waals surface area contributed by atoms with Crippen molar-refractivity contribution < 1.29 is 9.39 Å². The van der Waals surface area contributed by atoms with Gasteiger partial charge in [0.25, 0.3) is 5.84 Å². The number of aromatic nitrogens is 1. The molecular formula is C27H29N6O+. The number of fused-ring (bicyclic) bond motifs is 2. The van der Waals surface area contributed by atoms with Crippen LogP contribution in [0.3, 0.4) is 0 Å². The van der Waals surface area contributed by atoms with Gasteiger partial charge in [0.05, 0.1) is 18.3 Å². The summed E-state index contributed by atoms with van der Waals surface area (Å²) in [5.41, 5.74) is 5.03. The topological polar surface area (TPSA) is 86.8 Å². The van der Waals surface area contributed by atoms with Crippen LogP contribution in [0, 0.1) is 11.8 Å². The molecule has 0 saturated carbocycles. The lowest BCUT2D eigenvalue weighted by molar-refractivity contribution is -0.750. The predicted molar refractivity (Wildman–Crippen MR) is 134 cm³/mol. The zero-order valence-electron chi connectivity index (χ0n) is 19.3. The normalized spacial score (nSPS) is 26.8. The van der Waals surface area contributed by atoms with Gasteiger partial charge in [0.2, 0.25) is 11.6 Å². The predicted octanol–water partition coefficient (Wildman–Crippen LogP) is 4.15. The second-order valence-electron chi connectivity index (χ2n) is 9.52. The van der Waals surface area contributed by atoms with Gasteiger partial charge in [-0.1, -0.05) is 42.0 Å². The van der Waals surface area contributed by atoms with E-state index < -0.39 is 0 Å². The number of H-pyrrole nitrogens is 1. The van der Waals surface area contributed by atoms with Gasteiger partial charge < -0.3 is 9.88 Å². The van der Waals surface area contributed by atoms with Gasteiger partial charge in [0.1, 0.15) is 17.6 Å². The second kappa shape index (κ2) is 8.04. The second-order valence-corrected chi connectivity index (χ2v) is 9.52. The summed E-state index contributed by atoms with van der Waals surface area (Å²) >= 11 is 0. The number of nitrogens with one attached hydrogen (secondary N) is 1. The monoisotopic (exact) mass is 453 g/mol. The van der Waals surface area contributed by atoms with Crippen molar-refractivity contribution in [3.05, 3.63) is 83.6 Å². The van der Waals surface area contributed by atoms with Gasteiger partial charge in [-0.3, -0.25) is 9.79 Å². The molecule has 1 fully saturated rings. The summed E-state index contributed by atoms with van der Waals surface area (Å²) in [6.45, 7) is 3.51. The zero-order chi connectivity index (χ0) is 23.3. The van der Waals surface area contributed by atoms with E-state index in [1.54, 1.807) is 6.20 Å². The Morgan fingerprint density at radius 2 is 2.06 bits per heavy atom. The average molecular weight is 454 g/mol. The number of para-hydroxylation sites is 1. The lowest BCUT2D eigenvalue weighted by atomic mass is 9.89. The van der Waals surface area contributed by atoms with E-state index in [2.05, 4.69) is 47.3 Å². The first-order chi connectivity index (χ1) is 16.5. The van der Waals surface area contributed by atoms with E-state index in [-0.39, 0.29) is 22.3 Å². The highest BCUT2D eigenvalue weighted by Gasteiger charge is 2.47. The molecule has 0 bridgehead atoms. The number of hydrogen-bond donors (Lipinski definition) is 2. The highest BCUT2D eigenvalue weighted by atomic mass is 16.2. The van der Waals surface area contributed by atoms with Crippen LogP contribution in [0.25, 0.3) is 10.9 Å². The first-order valence-corrected chi connectivity index (χ1v) is 12.0. The lowest BCUT2D eigenvalue weighted by Crippen LogP contribution is -2.53. The zero-order valence-corrected chi connectivity index (χ0v) is 19.3. The molecular weight excluding hydrogens is 424 g/mol. The van der Waals surface area contributed by atoms with Crippen LogP contribution in [-0.2, 0) is 4.79 Å². The fourth-order valence-corrected chi connectivity index (χ4v) is 5.48. The smallest absolute Gasteiger partial charge is 0.281 e. The number of piperidine rings is 1. The number of benzene rings is 1. The van der Waals surface area contributed by atoms with Crippen LogP contribution in [0.15, 0.2) is 87.9 Å². The molecule has 0 spiro atoms. The number of allylic oxidation sites excluding steroid dienone is 4. The Hall–Kier alpha value is -3.55. The number of aliphatic imine (C=N–C) groups is 2. The maximum Gasteiger partial charge on any atom is 0.281 e. The number of quaternary nitrogens is 1.